The molecular formula is C27H39ClN2O. The second kappa shape index (κ2) is 14.3. The van der Waals surface area contributed by atoms with Crippen LogP contribution in [0.25, 0.3) is 0 Å². The minimum Gasteiger partial charge on any atom is -0.326 e. The first kappa shape index (κ1) is 25.4. The van der Waals surface area contributed by atoms with Crippen LogP contribution in [0.1, 0.15) is 75.0 Å². The van der Waals surface area contributed by atoms with Crippen molar-refractivity contribution < 1.29 is 4.79 Å². The number of nitrogens with one attached hydrogen (secondary N) is 2. The second-order valence-electron chi connectivity index (χ2n) is 8.73. The SMILES string of the molecule is CC(=O)Nc1cccc2c1CCC(NCCCCCCCCCc1ccccc1)C2.Cl. The Bertz CT molecular complexity index is 778. The molecule has 0 heterocycles. The molecule has 0 aliphatic heterocycles. The lowest BCUT2D eigenvalue weighted by Gasteiger charge is -2.27. The van der Waals surface area contributed by atoms with Gasteiger partial charge in [-0.3, -0.25) is 4.79 Å². The molecule has 1 unspecified atom stereocenters. The Labute approximate surface area is 194 Å². The Kier molecular flexibility index (Phi) is 11.7. The number of amides is 1. The first-order chi connectivity index (χ1) is 14.7. The standard InChI is InChI=1S/C27H38N2O.ClH/c1-22(30)29-27-17-12-16-24-21-25(18-19-26(24)27)28-20-11-6-4-2-3-5-8-13-23-14-9-7-10-15-23;/h7,9-10,12,14-17,25,28H,2-6,8,11,13,18-21H2,1H3,(H,29,30);1H. The molecule has 0 radical (unpaired) electrons. The first-order valence-electron chi connectivity index (χ1n) is 11.9. The van der Waals surface area contributed by atoms with Crippen molar-refractivity contribution in [1.82, 2.24) is 5.32 Å². The molecule has 0 fully saturated rings. The zero-order valence-electron chi connectivity index (χ0n) is 19.0. The van der Waals surface area contributed by atoms with Crippen LogP contribution in [0.5, 0.6) is 0 Å². The molecule has 1 aliphatic rings. The number of halogens is 1. The molecule has 2 aromatic carbocycles. The van der Waals surface area contributed by atoms with Crippen LogP contribution in [0.4, 0.5) is 5.69 Å². The summed E-state index contributed by atoms with van der Waals surface area (Å²) in [5, 5.41) is 6.75. The van der Waals surface area contributed by atoms with Gasteiger partial charge in [0.2, 0.25) is 5.91 Å². The van der Waals surface area contributed by atoms with E-state index < -0.39 is 0 Å². The van der Waals surface area contributed by atoms with Crippen LogP contribution in [0, 0.1) is 0 Å². The van der Waals surface area contributed by atoms with Crippen molar-refractivity contribution in [1.29, 1.82) is 0 Å². The van der Waals surface area contributed by atoms with Crippen molar-refractivity contribution in [3.63, 3.8) is 0 Å². The van der Waals surface area contributed by atoms with E-state index in [0.717, 1.165) is 31.5 Å². The van der Waals surface area contributed by atoms with Crippen molar-refractivity contribution in [2.24, 2.45) is 0 Å². The molecule has 0 saturated carbocycles. The van der Waals surface area contributed by atoms with Crippen LogP contribution >= 0.6 is 12.4 Å². The molecule has 170 valence electrons. The van der Waals surface area contributed by atoms with Crippen LogP contribution in [-0.2, 0) is 24.1 Å². The third-order valence-electron chi connectivity index (χ3n) is 6.21. The number of carbonyl (C=O) groups excluding carboxylic acids is 1. The molecule has 0 aromatic heterocycles. The normalized spacial score (nSPS) is 15.1. The highest BCUT2D eigenvalue weighted by Crippen LogP contribution is 2.28. The van der Waals surface area contributed by atoms with E-state index in [1.54, 1.807) is 6.92 Å². The van der Waals surface area contributed by atoms with E-state index in [-0.39, 0.29) is 18.3 Å². The fourth-order valence-electron chi connectivity index (χ4n) is 4.58. The van der Waals surface area contributed by atoms with Crippen LogP contribution in [0.3, 0.4) is 0 Å². The van der Waals surface area contributed by atoms with Gasteiger partial charge in [-0.05, 0) is 67.8 Å². The monoisotopic (exact) mass is 442 g/mol. The number of fused-ring (bicyclic) bond motifs is 1. The summed E-state index contributed by atoms with van der Waals surface area (Å²) >= 11 is 0. The van der Waals surface area contributed by atoms with Gasteiger partial charge in [-0.1, -0.05) is 74.6 Å². The largest absolute Gasteiger partial charge is 0.326 e. The number of anilines is 1. The highest BCUT2D eigenvalue weighted by molar-refractivity contribution is 5.89. The summed E-state index contributed by atoms with van der Waals surface area (Å²) in [4.78, 5) is 11.4. The molecule has 0 saturated heterocycles. The highest BCUT2D eigenvalue weighted by Gasteiger charge is 2.20. The minimum absolute atomic E-state index is 0. The van der Waals surface area contributed by atoms with Crippen molar-refractivity contribution in [2.75, 3.05) is 11.9 Å². The maximum atomic E-state index is 11.4. The number of unbranched alkanes of at least 4 members (excludes halogenated alkanes) is 6. The maximum Gasteiger partial charge on any atom is 0.221 e. The summed E-state index contributed by atoms with van der Waals surface area (Å²) in [5.41, 5.74) is 5.20. The number of hydrogen-bond acceptors (Lipinski definition) is 2. The molecule has 0 spiro atoms. The molecule has 0 bridgehead atoms. The van der Waals surface area contributed by atoms with Crippen molar-refractivity contribution >= 4 is 24.0 Å². The van der Waals surface area contributed by atoms with E-state index in [2.05, 4.69) is 53.1 Å². The fraction of sp³-hybridized carbons (Fsp3) is 0.519. The van der Waals surface area contributed by atoms with Gasteiger partial charge in [0, 0.05) is 18.7 Å². The molecule has 3 rings (SSSR count). The predicted molar refractivity (Wildman–Crippen MR) is 134 cm³/mol. The van der Waals surface area contributed by atoms with Gasteiger partial charge < -0.3 is 10.6 Å². The van der Waals surface area contributed by atoms with E-state index in [1.165, 1.54) is 68.1 Å². The Morgan fingerprint density at radius 3 is 2.35 bits per heavy atom. The summed E-state index contributed by atoms with van der Waals surface area (Å²) in [5.74, 6) is 0.0137. The third-order valence-corrected chi connectivity index (χ3v) is 6.21. The van der Waals surface area contributed by atoms with Crippen molar-refractivity contribution in [3.8, 4) is 0 Å². The van der Waals surface area contributed by atoms with Gasteiger partial charge in [-0.15, -0.1) is 12.4 Å². The first-order valence-corrected chi connectivity index (χ1v) is 11.9. The molecule has 4 heteroatoms. The Morgan fingerprint density at radius 1 is 0.903 bits per heavy atom. The van der Waals surface area contributed by atoms with Crippen LogP contribution < -0.4 is 10.6 Å². The molecule has 3 nitrogen and oxygen atoms in total. The lowest BCUT2D eigenvalue weighted by atomic mass is 9.87. The average molecular weight is 443 g/mol. The fourth-order valence-corrected chi connectivity index (χ4v) is 4.58. The molecule has 1 aliphatic carbocycles. The number of rotatable bonds is 12. The van der Waals surface area contributed by atoms with Crippen molar-refractivity contribution in [3.05, 3.63) is 65.2 Å². The molecule has 2 N–H and O–H groups in total. The number of benzene rings is 2. The Morgan fingerprint density at radius 2 is 1.61 bits per heavy atom. The van der Waals surface area contributed by atoms with E-state index in [9.17, 15) is 4.79 Å². The van der Waals surface area contributed by atoms with Crippen LogP contribution in [0.2, 0.25) is 0 Å². The van der Waals surface area contributed by atoms with Gasteiger partial charge in [0.25, 0.3) is 0 Å². The minimum atomic E-state index is 0. The van der Waals surface area contributed by atoms with Crippen molar-refractivity contribution in [2.45, 2.75) is 83.6 Å². The molecule has 1 amide bonds. The maximum absolute atomic E-state index is 11.4. The third kappa shape index (κ3) is 9.04. The zero-order valence-corrected chi connectivity index (χ0v) is 19.8. The van der Waals surface area contributed by atoms with E-state index in [0.29, 0.717) is 6.04 Å². The molecule has 2 aromatic rings. The Balaban J connectivity index is 0.00000341. The smallest absolute Gasteiger partial charge is 0.221 e. The topological polar surface area (TPSA) is 41.1 Å². The summed E-state index contributed by atoms with van der Waals surface area (Å²) in [6, 6.07) is 17.7. The van der Waals surface area contributed by atoms with Gasteiger partial charge in [-0.2, -0.15) is 0 Å². The zero-order chi connectivity index (χ0) is 21.0. The predicted octanol–water partition coefficient (Wildman–Crippen LogP) is 6.49. The van der Waals surface area contributed by atoms with Crippen LogP contribution in [0.15, 0.2) is 48.5 Å². The van der Waals surface area contributed by atoms with Gasteiger partial charge in [0.1, 0.15) is 0 Å². The molecule has 31 heavy (non-hydrogen) atoms. The average Bonchev–Trinajstić information content (AvgIpc) is 2.75. The van der Waals surface area contributed by atoms with Gasteiger partial charge in [0.05, 0.1) is 0 Å². The second-order valence-corrected chi connectivity index (χ2v) is 8.73. The lowest BCUT2D eigenvalue weighted by Crippen LogP contribution is -2.35. The molecular weight excluding hydrogens is 404 g/mol. The number of aryl methyl sites for hydroxylation is 1. The highest BCUT2D eigenvalue weighted by atomic mass is 35.5. The van der Waals surface area contributed by atoms with Crippen LogP contribution in [-0.4, -0.2) is 18.5 Å². The van der Waals surface area contributed by atoms with E-state index >= 15 is 0 Å². The quantitative estimate of drug-likeness (QED) is 0.369. The van der Waals surface area contributed by atoms with E-state index in [1.807, 2.05) is 6.07 Å². The summed E-state index contributed by atoms with van der Waals surface area (Å²) in [7, 11) is 0. The Hall–Kier alpha value is -1.84. The van der Waals surface area contributed by atoms with Gasteiger partial charge in [-0.25, -0.2) is 0 Å². The van der Waals surface area contributed by atoms with Gasteiger partial charge in [0.15, 0.2) is 0 Å². The summed E-state index contributed by atoms with van der Waals surface area (Å²) < 4.78 is 0. The molecule has 1 atom stereocenters. The van der Waals surface area contributed by atoms with Gasteiger partial charge >= 0.3 is 0 Å². The van der Waals surface area contributed by atoms with E-state index in [4.69, 9.17) is 0 Å². The number of hydrogen-bond donors (Lipinski definition) is 2. The number of carbonyl (C=O) groups is 1. The summed E-state index contributed by atoms with van der Waals surface area (Å²) in [6.07, 6.45) is 13.9. The lowest BCUT2D eigenvalue weighted by molar-refractivity contribution is -0.114. The summed E-state index contributed by atoms with van der Waals surface area (Å²) in [6.45, 7) is 2.71.